The number of nitrogens with zero attached hydrogens (tertiary/aromatic N) is 4. The van der Waals surface area contributed by atoms with Crippen LogP contribution < -0.4 is 10.6 Å². The average Bonchev–Trinajstić information content (AvgIpc) is 3.26. The smallest absolute Gasteiger partial charge is 0.379 e. The van der Waals surface area contributed by atoms with Crippen LogP contribution in [0.5, 0.6) is 0 Å². The van der Waals surface area contributed by atoms with Crippen molar-refractivity contribution in [1.29, 1.82) is 0 Å². The van der Waals surface area contributed by atoms with Crippen LogP contribution in [0.3, 0.4) is 0 Å². The minimum atomic E-state index is -4.40. The van der Waals surface area contributed by atoms with Crippen molar-refractivity contribution < 1.29 is 17.9 Å². The van der Waals surface area contributed by atoms with Crippen molar-refractivity contribution in [3.8, 4) is 0 Å². The maximum Gasteiger partial charge on any atom is 0.416 e. The third-order valence-corrected chi connectivity index (χ3v) is 6.99. The Morgan fingerprint density at radius 2 is 1.69 bits per heavy atom. The van der Waals surface area contributed by atoms with E-state index in [4.69, 9.17) is 27.9 Å². The first-order chi connectivity index (χ1) is 17.3. The molecule has 4 aromatic rings. The molecular formula is C23H19Cl2F3N6OS. The lowest BCUT2D eigenvalue weighted by molar-refractivity contribution is -0.137. The Bertz CT molecular complexity index is 1350. The first-order valence-electron chi connectivity index (χ1n) is 10.9. The number of ether oxygens (including phenoxy) is 1. The summed E-state index contributed by atoms with van der Waals surface area (Å²) < 4.78 is 43.9. The number of morpholine rings is 1. The molecule has 36 heavy (non-hydrogen) atoms. The van der Waals surface area contributed by atoms with E-state index in [2.05, 4.69) is 30.5 Å². The highest BCUT2D eigenvalue weighted by molar-refractivity contribution is 7.21. The zero-order chi connectivity index (χ0) is 25.3. The van der Waals surface area contributed by atoms with Gasteiger partial charge in [0.1, 0.15) is 11.8 Å². The Hall–Kier alpha value is -2.70. The minimum Gasteiger partial charge on any atom is -0.379 e. The third-order valence-electron chi connectivity index (χ3n) is 5.51. The second-order valence-electron chi connectivity index (χ2n) is 8.04. The lowest BCUT2D eigenvalue weighted by Gasteiger charge is -2.26. The molecule has 0 radical (unpaired) electrons. The van der Waals surface area contributed by atoms with Gasteiger partial charge in [-0.2, -0.15) is 13.2 Å². The highest BCUT2D eigenvalue weighted by atomic mass is 35.5. The average molecular weight is 555 g/mol. The molecule has 2 aromatic heterocycles. The Kier molecular flexibility index (Phi) is 7.18. The monoisotopic (exact) mass is 554 g/mol. The molecule has 0 atom stereocenters. The summed E-state index contributed by atoms with van der Waals surface area (Å²) in [6.45, 7) is 3.84. The fourth-order valence-electron chi connectivity index (χ4n) is 3.74. The Morgan fingerprint density at radius 1 is 1.00 bits per heavy atom. The number of halogens is 5. The van der Waals surface area contributed by atoms with Crippen LogP contribution in [0.2, 0.25) is 10.0 Å². The van der Waals surface area contributed by atoms with Crippen molar-refractivity contribution in [2.75, 3.05) is 36.9 Å². The van der Waals surface area contributed by atoms with E-state index in [0.717, 1.165) is 37.3 Å². The number of aromatic nitrogens is 3. The number of hydrogen-bond acceptors (Lipinski definition) is 8. The number of benzene rings is 2. The van der Waals surface area contributed by atoms with E-state index >= 15 is 0 Å². The zero-order valence-electron chi connectivity index (χ0n) is 18.6. The minimum absolute atomic E-state index is 0.363. The highest BCUT2D eigenvalue weighted by Gasteiger charge is 2.30. The molecule has 13 heteroatoms. The first-order valence-corrected chi connectivity index (χ1v) is 12.4. The van der Waals surface area contributed by atoms with Crippen LogP contribution in [0.1, 0.15) is 11.1 Å². The summed E-state index contributed by atoms with van der Waals surface area (Å²) in [5.74, 6) is 0.363. The van der Waals surface area contributed by atoms with E-state index in [1.54, 1.807) is 0 Å². The Labute approximate surface area is 218 Å². The van der Waals surface area contributed by atoms with E-state index < -0.39 is 11.7 Å². The van der Waals surface area contributed by atoms with Gasteiger partial charge in [0.05, 0.1) is 34.5 Å². The van der Waals surface area contributed by atoms with Crippen LogP contribution in [0.25, 0.3) is 10.3 Å². The van der Waals surface area contributed by atoms with Gasteiger partial charge in [0.2, 0.25) is 0 Å². The molecule has 1 saturated heterocycles. The number of fused-ring (bicyclic) bond motifs is 1. The molecule has 0 saturated carbocycles. The standard InChI is InChI=1S/C23H19Cl2F3N6OS/c24-16-9-13(11-34-5-7-35-8-6-34)10-17(25)18(16)32-22-33-19-20(29-12-30-21(19)36-22)31-15-3-1-14(2-4-15)23(26,27)28/h1-4,9-10,12H,5-8,11H2,(H,32,33)(H,29,30,31). The summed E-state index contributed by atoms with van der Waals surface area (Å²) in [7, 11) is 0. The predicted octanol–water partition coefficient (Wildman–Crippen LogP) is 6.73. The van der Waals surface area contributed by atoms with Gasteiger partial charge in [-0.05, 0) is 42.0 Å². The molecule has 0 amide bonds. The Balaban J connectivity index is 1.35. The van der Waals surface area contributed by atoms with Gasteiger partial charge in [-0.1, -0.05) is 34.5 Å². The molecule has 5 rings (SSSR count). The summed E-state index contributed by atoms with van der Waals surface area (Å²) in [4.78, 5) is 15.9. The van der Waals surface area contributed by atoms with Crippen molar-refractivity contribution >= 4 is 67.2 Å². The molecule has 188 valence electrons. The summed E-state index contributed by atoms with van der Waals surface area (Å²) in [5, 5.41) is 7.58. The molecule has 1 fully saturated rings. The molecule has 0 aliphatic carbocycles. The van der Waals surface area contributed by atoms with Gasteiger partial charge in [-0.3, -0.25) is 4.90 Å². The Morgan fingerprint density at radius 3 is 2.36 bits per heavy atom. The van der Waals surface area contributed by atoms with Crippen molar-refractivity contribution in [2.45, 2.75) is 12.7 Å². The molecule has 1 aliphatic rings. The number of thiazole rings is 1. The SMILES string of the molecule is FC(F)(F)c1ccc(Nc2ncnc3sc(Nc4c(Cl)cc(CN5CCOCC5)cc4Cl)nc23)cc1. The van der Waals surface area contributed by atoms with E-state index in [9.17, 15) is 13.2 Å². The second-order valence-corrected chi connectivity index (χ2v) is 9.84. The van der Waals surface area contributed by atoms with E-state index in [1.807, 2.05) is 12.1 Å². The largest absolute Gasteiger partial charge is 0.416 e. The van der Waals surface area contributed by atoms with Gasteiger partial charge in [0.15, 0.2) is 15.8 Å². The normalized spacial score (nSPS) is 14.8. The quantitative estimate of drug-likeness (QED) is 0.273. The van der Waals surface area contributed by atoms with Gasteiger partial charge >= 0.3 is 6.18 Å². The lowest BCUT2D eigenvalue weighted by atomic mass is 10.2. The topological polar surface area (TPSA) is 75.2 Å². The van der Waals surface area contributed by atoms with Crippen molar-refractivity contribution in [2.24, 2.45) is 0 Å². The van der Waals surface area contributed by atoms with E-state index in [0.29, 0.717) is 55.9 Å². The zero-order valence-corrected chi connectivity index (χ0v) is 20.9. The number of alkyl halides is 3. The third kappa shape index (κ3) is 5.65. The summed E-state index contributed by atoms with van der Waals surface area (Å²) in [6.07, 6.45) is -3.05. The lowest BCUT2D eigenvalue weighted by Crippen LogP contribution is -2.35. The molecule has 2 N–H and O–H groups in total. The van der Waals surface area contributed by atoms with Crippen molar-refractivity contribution in [3.05, 3.63) is 63.9 Å². The van der Waals surface area contributed by atoms with Gasteiger partial charge in [-0.15, -0.1) is 0 Å². The van der Waals surface area contributed by atoms with Gasteiger partial charge < -0.3 is 15.4 Å². The van der Waals surface area contributed by atoms with Crippen LogP contribution >= 0.6 is 34.5 Å². The number of hydrogen-bond donors (Lipinski definition) is 2. The van der Waals surface area contributed by atoms with Crippen LogP contribution in [-0.4, -0.2) is 46.2 Å². The van der Waals surface area contributed by atoms with Gasteiger partial charge in [0.25, 0.3) is 0 Å². The molecule has 0 unspecified atom stereocenters. The molecule has 0 spiro atoms. The fraction of sp³-hybridized carbons (Fsp3) is 0.261. The van der Waals surface area contributed by atoms with E-state index in [-0.39, 0.29) is 0 Å². The van der Waals surface area contributed by atoms with Gasteiger partial charge in [0, 0.05) is 25.3 Å². The van der Waals surface area contributed by atoms with Crippen LogP contribution in [0, 0.1) is 0 Å². The molecule has 0 bridgehead atoms. The molecule has 3 heterocycles. The summed E-state index contributed by atoms with van der Waals surface area (Å²) in [6, 6.07) is 8.41. The van der Waals surface area contributed by atoms with Gasteiger partial charge in [-0.25, -0.2) is 15.0 Å². The summed E-state index contributed by atoms with van der Waals surface area (Å²) in [5.41, 5.74) is 1.68. The van der Waals surface area contributed by atoms with Crippen LogP contribution in [0.15, 0.2) is 42.7 Å². The molecule has 2 aromatic carbocycles. The number of nitrogens with one attached hydrogen (secondary N) is 2. The molecular weight excluding hydrogens is 536 g/mol. The predicted molar refractivity (Wildman–Crippen MR) is 136 cm³/mol. The molecule has 1 aliphatic heterocycles. The summed E-state index contributed by atoms with van der Waals surface area (Å²) >= 11 is 14.4. The highest BCUT2D eigenvalue weighted by Crippen LogP contribution is 2.38. The van der Waals surface area contributed by atoms with Crippen molar-refractivity contribution in [1.82, 2.24) is 19.9 Å². The number of anilines is 4. The maximum atomic E-state index is 12.8. The van der Waals surface area contributed by atoms with Crippen molar-refractivity contribution in [3.63, 3.8) is 0 Å². The van der Waals surface area contributed by atoms with Crippen LogP contribution in [0.4, 0.5) is 35.5 Å². The second kappa shape index (κ2) is 10.3. The fourth-order valence-corrected chi connectivity index (χ4v) is 5.18. The first kappa shape index (κ1) is 25.0. The molecule has 7 nitrogen and oxygen atoms in total. The van der Waals surface area contributed by atoms with Crippen LogP contribution in [-0.2, 0) is 17.5 Å². The van der Waals surface area contributed by atoms with E-state index in [1.165, 1.54) is 29.8 Å². The number of rotatable bonds is 6. The maximum absolute atomic E-state index is 12.8.